The molecule has 0 bridgehead atoms. The van der Waals surface area contributed by atoms with Crippen molar-refractivity contribution in [1.29, 1.82) is 0 Å². The van der Waals surface area contributed by atoms with Gasteiger partial charge in [-0.1, -0.05) is 13.8 Å². The number of hydrogen-bond acceptors (Lipinski definition) is 2. The zero-order valence-electron chi connectivity index (χ0n) is 9.89. The molecule has 0 rings (SSSR count). The van der Waals surface area contributed by atoms with Gasteiger partial charge in [-0.25, -0.2) is 4.79 Å². The Hall–Kier alpha value is -1.27. The molecule has 1 atom stereocenters. The van der Waals surface area contributed by atoms with Gasteiger partial charge in [0, 0.05) is 0 Å². The minimum absolute atomic E-state index is 0.0537. The van der Waals surface area contributed by atoms with Gasteiger partial charge in [-0.2, -0.15) is 13.2 Å². The predicted octanol–water partition coefficient (Wildman–Crippen LogP) is 1.94. The van der Waals surface area contributed by atoms with E-state index in [1.54, 1.807) is 0 Å². The van der Waals surface area contributed by atoms with Crippen molar-refractivity contribution in [3.63, 3.8) is 0 Å². The van der Waals surface area contributed by atoms with Gasteiger partial charge >= 0.3 is 18.1 Å². The zero-order chi connectivity index (χ0) is 13.9. The topological polar surface area (TPSA) is 66.4 Å². The average molecular weight is 255 g/mol. The van der Waals surface area contributed by atoms with Crippen LogP contribution in [0.1, 0.15) is 33.6 Å². The van der Waals surface area contributed by atoms with Gasteiger partial charge in [-0.3, -0.25) is 4.79 Å². The van der Waals surface area contributed by atoms with Gasteiger partial charge in [-0.05, 0) is 25.7 Å². The summed E-state index contributed by atoms with van der Waals surface area (Å²) >= 11 is 0. The first-order valence-corrected chi connectivity index (χ1v) is 5.12. The number of nitrogens with one attached hydrogen (secondary N) is 1. The molecular weight excluding hydrogens is 239 g/mol. The number of rotatable bonds is 5. The highest BCUT2D eigenvalue weighted by molar-refractivity contribution is 5.89. The Labute approximate surface area is 97.2 Å². The minimum atomic E-state index is -5.07. The van der Waals surface area contributed by atoms with Crippen molar-refractivity contribution in [3.05, 3.63) is 0 Å². The molecule has 2 N–H and O–H groups in total. The molecule has 0 fully saturated rings. The smallest absolute Gasteiger partial charge is 0.471 e. The van der Waals surface area contributed by atoms with E-state index in [-0.39, 0.29) is 12.3 Å². The number of amides is 1. The largest absolute Gasteiger partial charge is 0.480 e. The van der Waals surface area contributed by atoms with Gasteiger partial charge in [0.05, 0.1) is 0 Å². The van der Waals surface area contributed by atoms with Crippen LogP contribution in [0.25, 0.3) is 0 Å². The Balaban J connectivity index is 4.74. The third kappa shape index (κ3) is 5.06. The summed E-state index contributed by atoms with van der Waals surface area (Å²) in [5.74, 6) is -3.57. The first kappa shape index (κ1) is 15.7. The lowest BCUT2D eigenvalue weighted by Crippen LogP contribution is -2.55. The van der Waals surface area contributed by atoms with Crippen LogP contribution in [-0.4, -0.2) is 28.7 Å². The molecule has 0 aromatic heterocycles. The van der Waals surface area contributed by atoms with E-state index in [2.05, 4.69) is 0 Å². The Morgan fingerprint density at radius 1 is 1.29 bits per heavy atom. The number of carbonyl (C=O) groups is 2. The number of alkyl halides is 3. The lowest BCUT2D eigenvalue weighted by atomic mass is 9.92. The second-order valence-corrected chi connectivity index (χ2v) is 4.52. The van der Waals surface area contributed by atoms with Crippen LogP contribution in [0.5, 0.6) is 0 Å². The van der Waals surface area contributed by atoms with E-state index in [9.17, 15) is 22.8 Å². The van der Waals surface area contributed by atoms with E-state index in [1.807, 2.05) is 13.8 Å². The van der Waals surface area contributed by atoms with Crippen molar-refractivity contribution >= 4 is 11.9 Å². The maximum absolute atomic E-state index is 12.0. The van der Waals surface area contributed by atoms with Gasteiger partial charge < -0.3 is 10.4 Å². The normalized spacial score (nSPS) is 15.5. The lowest BCUT2D eigenvalue weighted by Gasteiger charge is -2.27. The Kier molecular flexibility index (Phi) is 4.97. The van der Waals surface area contributed by atoms with Gasteiger partial charge in [0.15, 0.2) is 0 Å². The van der Waals surface area contributed by atoms with Crippen molar-refractivity contribution < 1.29 is 27.9 Å². The number of hydrogen-bond donors (Lipinski definition) is 2. The fourth-order valence-electron chi connectivity index (χ4n) is 1.12. The fourth-order valence-corrected chi connectivity index (χ4v) is 1.12. The van der Waals surface area contributed by atoms with Gasteiger partial charge in [0.1, 0.15) is 5.54 Å². The van der Waals surface area contributed by atoms with Crippen molar-refractivity contribution in [1.82, 2.24) is 5.32 Å². The quantitative estimate of drug-likeness (QED) is 0.789. The summed E-state index contributed by atoms with van der Waals surface area (Å²) in [6.45, 7) is 4.70. The monoisotopic (exact) mass is 255 g/mol. The molecule has 7 heteroatoms. The SMILES string of the molecule is CC(C)CCC(C)(NC(=O)C(F)(F)F)C(=O)O. The standard InChI is InChI=1S/C10H16F3NO3/c1-6(2)4-5-9(3,8(16)17)14-7(15)10(11,12)13/h6H,4-5H2,1-3H3,(H,14,15)(H,16,17). The van der Waals surface area contributed by atoms with Gasteiger partial charge in [0.25, 0.3) is 0 Å². The molecule has 0 spiro atoms. The summed E-state index contributed by atoms with van der Waals surface area (Å²) in [7, 11) is 0. The highest BCUT2D eigenvalue weighted by Gasteiger charge is 2.45. The maximum Gasteiger partial charge on any atom is 0.471 e. The molecule has 0 aliphatic rings. The summed E-state index contributed by atoms with van der Waals surface area (Å²) < 4.78 is 36.1. The first-order chi connectivity index (χ1) is 7.49. The summed E-state index contributed by atoms with van der Waals surface area (Å²) in [5.41, 5.74) is -1.89. The average Bonchev–Trinajstić information content (AvgIpc) is 2.12. The van der Waals surface area contributed by atoms with Crippen molar-refractivity contribution in [3.8, 4) is 0 Å². The molecule has 0 aromatic carbocycles. The molecule has 100 valence electrons. The van der Waals surface area contributed by atoms with E-state index in [0.29, 0.717) is 6.42 Å². The highest BCUT2D eigenvalue weighted by Crippen LogP contribution is 2.21. The molecule has 1 amide bonds. The number of carboxylic acid groups (broad SMARTS) is 1. The van der Waals surface area contributed by atoms with Gasteiger partial charge in [0.2, 0.25) is 0 Å². The Bertz CT molecular complexity index is 302. The van der Waals surface area contributed by atoms with E-state index in [0.717, 1.165) is 6.92 Å². The summed E-state index contributed by atoms with van der Waals surface area (Å²) in [6.07, 6.45) is -4.72. The number of aliphatic carboxylic acids is 1. The van der Waals surface area contributed by atoms with Crippen LogP contribution in [0.4, 0.5) is 13.2 Å². The molecule has 17 heavy (non-hydrogen) atoms. The maximum atomic E-state index is 12.0. The molecule has 4 nitrogen and oxygen atoms in total. The van der Waals surface area contributed by atoms with E-state index in [4.69, 9.17) is 5.11 Å². The molecule has 0 aliphatic heterocycles. The molecule has 1 unspecified atom stereocenters. The van der Waals surface area contributed by atoms with Crippen molar-refractivity contribution in [2.75, 3.05) is 0 Å². The molecule has 0 aliphatic carbocycles. The predicted molar refractivity (Wildman–Crippen MR) is 54.3 cm³/mol. The summed E-state index contributed by atoms with van der Waals surface area (Å²) in [6, 6.07) is 0. The Morgan fingerprint density at radius 2 is 1.76 bits per heavy atom. The molecule has 0 heterocycles. The van der Waals surface area contributed by atoms with E-state index < -0.39 is 23.6 Å². The fraction of sp³-hybridized carbons (Fsp3) is 0.800. The third-order valence-electron chi connectivity index (χ3n) is 2.34. The van der Waals surface area contributed by atoms with Crippen LogP contribution in [0, 0.1) is 5.92 Å². The zero-order valence-corrected chi connectivity index (χ0v) is 9.89. The van der Waals surface area contributed by atoms with Crippen molar-refractivity contribution in [2.45, 2.75) is 45.3 Å². The third-order valence-corrected chi connectivity index (χ3v) is 2.34. The summed E-state index contributed by atoms with van der Waals surface area (Å²) in [4.78, 5) is 21.6. The first-order valence-electron chi connectivity index (χ1n) is 5.12. The van der Waals surface area contributed by atoms with Crippen LogP contribution in [0.2, 0.25) is 0 Å². The highest BCUT2D eigenvalue weighted by atomic mass is 19.4. The summed E-state index contributed by atoms with van der Waals surface area (Å²) in [5, 5.41) is 10.4. The van der Waals surface area contributed by atoms with Crippen molar-refractivity contribution in [2.24, 2.45) is 5.92 Å². The van der Waals surface area contributed by atoms with E-state index in [1.165, 1.54) is 5.32 Å². The molecule has 0 radical (unpaired) electrons. The van der Waals surface area contributed by atoms with Gasteiger partial charge in [-0.15, -0.1) is 0 Å². The van der Waals surface area contributed by atoms with Crippen LogP contribution in [-0.2, 0) is 9.59 Å². The van der Waals surface area contributed by atoms with Crippen LogP contribution < -0.4 is 5.32 Å². The Morgan fingerprint density at radius 3 is 2.06 bits per heavy atom. The van der Waals surface area contributed by atoms with Crippen LogP contribution in [0.3, 0.4) is 0 Å². The molecule has 0 saturated carbocycles. The van der Waals surface area contributed by atoms with E-state index >= 15 is 0 Å². The lowest BCUT2D eigenvalue weighted by molar-refractivity contribution is -0.177. The second-order valence-electron chi connectivity index (χ2n) is 4.52. The van der Waals surface area contributed by atoms with Crippen LogP contribution >= 0.6 is 0 Å². The molecule has 0 saturated heterocycles. The number of halogens is 3. The van der Waals surface area contributed by atoms with Crippen LogP contribution in [0.15, 0.2) is 0 Å². The molecular formula is C10H16F3NO3. The minimum Gasteiger partial charge on any atom is -0.480 e. The number of carbonyl (C=O) groups excluding carboxylic acids is 1. The second kappa shape index (κ2) is 5.37. The molecule has 0 aromatic rings. The number of carboxylic acids is 1.